The van der Waals surface area contributed by atoms with E-state index in [-0.39, 0.29) is 0 Å². The van der Waals surface area contributed by atoms with Crippen LogP contribution < -0.4 is 9.80 Å². The van der Waals surface area contributed by atoms with Crippen LogP contribution in [0.5, 0.6) is 0 Å². The van der Waals surface area contributed by atoms with Gasteiger partial charge in [0.2, 0.25) is 0 Å². The van der Waals surface area contributed by atoms with Crippen LogP contribution in [0.15, 0.2) is 224 Å². The predicted molar refractivity (Wildman–Crippen MR) is 245 cm³/mol. The molecule has 57 heavy (non-hydrogen) atoms. The van der Waals surface area contributed by atoms with Gasteiger partial charge in [0.1, 0.15) is 0 Å². The highest BCUT2D eigenvalue weighted by Gasteiger charge is 2.19. The molecule has 3 heteroatoms. The Balaban J connectivity index is 0.928. The van der Waals surface area contributed by atoms with Crippen molar-refractivity contribution >= 4 is 65.5 Å². The number of nitrogens with zero attached hydrogens (tertiary/aromatic N) is 2. The first-order chi connectivity index (χ1) is 28.2. The van der Waals surface area contributed by atoms with Crippen LogP contribution in [-0.2, 0) is 0 Å². The van der Waals surface area contributed by atoms with Crippen LogP contribution in [0.4, 0.5) is 28.4 Å². The second-order valence-electron chi connectivity index (χ2n) is 14.5. The molecule has 0 aliphatic heterocycles. The summed E-state index contributed by atoms with van der Waals surface area (Å²) in [5.74, 6) is 0. The fourth-order valence-corrected chi connectivity index (χ4v) is 9.19. The summed E-state index contributed by atoms with van der Waals surface area (Å²) in [6.07, 6.45) is 6.53. The number of para-hydroxylation sites is 2. The molecule has 1 heterocycles. The number of benzene rings is 8. The zero-order valence-electron chi connectivity index (χ0n) is 31.5. The molecule has 0 unspecified atom stereocenters. The zero-order chi connectivity index (χ0) is 38.0. The van der Waals surface area contributed by atoms with E-state index in [1.54, 1.807) is 0 Å². The highest BCUT2D eigenvalue weighted by Crippen LogP contribution is 2.42. The molecule has 1 aliphatic carbocycles. The highest BCUT2D eigenvalue weighted by molar-refractivity contribution is 7.25. The maximum Gasteiger partial charge on any atom is 0.0468 e. The van der Waals surface area contributed by atoms with Crippen molar-refractivity contribution in [3.63, 3.8) is 0 Å². The SMILES string of the molecule is C1=C(c2ccc(N(c3ccccc3)c3ccc4sc5ccccc5c4c3)cc2)CCC(N(c2ccccc2)c2ccc(-c3ccc(-c4ccccc4)cc3)cc2)=C1. The van der Waals surface area contributed by atoms with Crippen molar-refractivity contribution in [2.45, 2.75) is 12.8 Å². The van der Waals surface area contributed by atoms with Gasteiger partial charge in [0.05, 0.1) is 0 Å². The summed E-state index contributed by atoms with van der Waals surface area (Å²) in [5.41, 5.74) is 14.6. The molecule has 8 aromatic carbocycles. The average Bonchev–Trinajstić information content (AvgIpc) is 3.67. The van der Waals surface area contributed by atoms with Gasteiger partial charge >= 0.3 is 0 Å². The Labute approximate surface area is 338 Å². The Morgan fingerprint density at radius 2 is 0.772 bits per heavy atom. The van der Waals surface area contributed by atoms with E-state index in [0.717, 1.165) is 35.6 Å². The lowest BCUT2D eigenvalue weighted by atomic mass is 9.94. The molecule has 0 radical (unpaired) electrons. The van der Waals surface area contributed by atoms with Crippen LogP contribution in [-0.4, -0.2) is 0 Å². The van der Waals surface area contributed by atoms with Gasteiger partial charge in [0.15, 0.2) is 0 Å². The van der Waals surface area contributed by atoms with Crippen LogP contribution in [0.2, 0.25) is 0 Å². The molecular weight excluding hydrogens is 709 g/mol. The molecule has 0 N–H and O–H groups in total. The first kappa shape index (κ1) is 34.5. The van der Waals surface area contributed by atoms with Gasteiger partial charge in [-0.25, -0.2) is 0 Å². The summed E-state index contributed by atoms with van der Waals surface area (Å²) in [6, 6.07) is 74.5. The van der Waals surface area contributed by atoms with E-state index in [9.17, 15) is 0 Å². The lowest BCUT2D eigenvalue weighted by Crippen LogP contribution is -2.17. The van der Waals surface area contributed by atoms with Gasteiger partial charge < -0.3 is 9.80 Å². The number of allylic oxidation sites excluding steroid dienone is 4. The molecule has 1 aliphatic rings. The second kappa shape index (κ2) is 15.3. The van der Waals surface area contributed by atoms with Crippen molar-refractivity contribution in [1.29, 1.82) is 0 Å². The van der Waals surface area contributed by atoms with Crippen molar-refractivity contribution in [3.05, 3.63) is 230 Å². The number of thiophene rings is 1. The number of hydrogen-bond acceptors (Lipinski definition) is 3. The lowest BCUT2D eigenvalue weighted by Gasteiger charge is -2.30. The van der Waals surface area contributed by atoms with Crippen LogP contribution in [0, 0.1) is 0 Å². The normalized spacial score (nSPS) is 12.6. The smallest absolute Gasteiger partial charge is 0.0468 e. The Morgan fingerprint density at radius 1 is 0.316 bits per heavy atom. The van der Waals surface area contributed by atoms with Gasteiger partial charge in [-0.3, -0.25) is 0 Å². The summed E-state index contributed by atoms with van der Waals surface area (Å²) < 4.78 is 2.64. The summed E-state index contributed by atoms with van der Waals surface area (Å²) in [7, 11) is 0. The molecule has 0 atom stereocenters. The fraction of sp³-hybridized carbons (Fsp3) is 0.0370. The number of rotatable bonds is 9. The standard InChI is InChI=1S/C54H40N2S/c1-4-12-39(13-5-1)40-20-22-41(23-21-40)42-24-30-47(31-25-42)55(45-14-6-2-7-15-45)48-32-26-43(27-33-48)44-28-34-49(35-29-44)56(46-16-8-3-9-17-46)50-36-37-54-52(38-50)51-18-10-11-19-53(51)57-54/h1-26,28-32,34-38H,27,33H2. The molecule has 0 spiro atoms. The van der Waals surface area contributed by atoms with Gasteiger partial charge in [0.25, 0.3) is 0 Å². The summed E-state index contributed by atoms with van der Waals surface area (Å²) in [5, 5.41) is 2.61. The minimum absolute atomic E-state index is 0.940. The quantitative estimate of drug-likeness (QED) is 0.145. The molecule has 2 nitrogen and oxygen atoms in total. The van der Waals surface area contributed by atoms with Crippen LogP contribution in [0.3, 0.4) is 0 Å². The van der Waals surface area contributed by atoms with Crippen molar-refractivity contribution < 1.29 is 0 Å². The first-order valence-electron chi connectivity index (χ1n) is 19.6. The van der Waals surface area contributed by atoms with Gasteiger partial charge in [0, 0.05) is 54.3 Å². The molecule has 0 fully saturated rings. The van der Waals surface area contributed by atoms with E-state index >= 15 is 0 Å². The Bertz CT molecular complexity index is 2860. The van der Waals surface area contributed by atoms with Crippen LogP contribution in [0.1, 0.15) is 18.4 Å². The third kappa shape index (κ3) is 6.95. The first-order valence-corrected chi connectivity index (χ1v) is 20.4. The average molecular weight is 749 g/mol. The van der Waals surface area contributed by atoms with Crippen molar-refractivity contribution in [2.24, 2.45) is 0 Å². The minimum Gasteiger partial charge on any atom is -0.314 e. The second-order valence-corrected chi connectivity index (χ2v) is 15.6. The monoisotopic (exact) mass is 748 g/mol. The molecule has 0 bridgehead atoms. The van der Waals surface area contributed by atoms with Gasteiger partial charge in [-0.05, 0) is 125 Å². The Kier molecular flexibility index (Phi) is 9.27. The molecule has 0 amide bonds. The summed E-state index contributed by atoms with van der Waals surface area (Å²) in [4.78, 5) is 4.77. The molecule has 0 saturated heterocycles. The van der Waals surface area contributed by atoms with E-state index in [2.05, 4.69) is 228 Å². The number of hydrogen-bond donors (Lipinski definition) is 0. The number of fused-ring (bicyclic) bond motifs is 3. The van der Waals surface area contributed by atoms with E-state index in [1.165, 1.54) is 64.9 Å². The third-order valence-electron chi connectivity index (χ3n) is 11.0. The lowest BCUT2D eigenvalue weighted by molar-refractivity contribution is 0.930. The molecule has 1 aromatic heterocycles. The van der Waals surface area contributed by atoms with Gasteiger partial charge in [-0.15, -0.1) is 11.3 Å². The van der Waals surface area contributed by atoms with Crippen LogP contribution >= 0.6 is 11.3 Å². The van der Waals surface area contributed by atoms with E-state index in [0.29, 0.717) is 0 Å². The highest BCUT2D eigenvalue weighted by atomic mass is 32.1. The van der Waals surface area contributed by atoms with Crippen molar-refractivity contribution in [1.82, 2.24) is 0 Å². The zero-order valence-corrected chi connectivity index (χ0v) is 32.3. The molecule has 0 saturated carbocycles. The maximum atomic E-state index is 2.41. The van der Waals surface area contributed by atoms with E-state index in [1.807, 2.05) is 11.3 Å². The summed E-state index contributed by atoms with van der Waals surface area (Å²) >= 11 is 1.86. The fourth-order valence-electron chi connectivity index (χ4n) is 8.10. The van der Waals surface area contributed by atoms with Crippen molar-refractivity contribution in [3.8, 4) is 22.3 Å². The Hall–Kier alpha value is -6.94. The topological polar surface area (TPSA) is 6.48 Å². The maximum absolute atomic E-state index is 2.41. The van der Waals surface area contributed by atoms with E-state index < -0.39 is 0 Å². The predicted octanol–water partition coefficient (Wildman–Crippen LogP) is 15.8. The van der Waals surface area contributed by atoms with Crippen LogP contribution in [0.25, 0.3) is 48.0 Å². The molecule has 272 valence electrons. The largest absolute Gasteiger partial charge is 0.314 e. The summed E-state index contributed by atoms with van der Waals surface area (Å²) in [6.45, 7) is 0. The molecular formula is C54H40N2S. The third-order valence-corrected chi connectivity index (χ3v) is 12.2. The van der Waals surface area contributed by atoms with Gasteiger partial charge in [-0.1, -0.05) is 140 Å². The Morgan fingerprint density at radius 3 is 1.39 bits per heavy atom. The molecule has 9 aromatic rings. The van der Waals surface area contributed by atoms with E-state index in [4.69, 9.17) is 0 Å². The minimum atomic E-state index is 0.940. The molecule has 10 rings (SSSR count). The van der Waals surface area contributed by atoms with Crippen molar-refractivity contribution in [2.75, 3.05) is 9.80 Å². The van der Waals surface area contributed by atoms with Gasteiger partial charge in [-0.2, -0.15) is 0 Å². The number of anilines is 5.